The van der Waals surface area contributed by atoms with Crippen molar-refractivity contribution in [2.45, 2.75) is 13.5 Å². The molecule has 0 fully saturated rings. The molecule has 0 saturated heterocycles. The predicted octanol–water partition coefficient (Wildman–Crippen LogP) is 2.60. The molecular weight excluding hydrogens is 194 g/mol. The van der Waals surface area contributed by atoms with E-state index >= 15 is 0 Å². The summed E-state index contributed by atoms with van der Waals surface area (Å²) in [5.41, 5.74) is 1.22. The van der Waals surface area contributed by atoms with Crippen molar-refractivity contribution in [3.05, 3.63) is 36.3 Å². The molecule has 0 amide bonds. The Hall–Kier alpha value is -0.670. The molecule has 0 aliphatic heterocycles. The van der Waals surface area contributed by atoms with Crippen LogP contribution < -0.4 is 5.32 Å². The summed E-state index contributed by atoms with van der Waals surface area (Å²) >= 11 is 1.88. The molecule has 0 saturated carbocycles. The fourth-order valence-corrected chi connectivity index (χ4v) is 1.72. The van der Waals surface area contributed by atoms with Crippen LogP contribution in [0.1, 0.15) is 11.3 Å². The van der Waals surface area contributed by atoms with Gasteiger partial charge >= 0.3 is 0 Å². The number of hydrogen-bond donors (Lipinski definition) is 1. The zero-order valence-corrected chi connectivity index (χ0v) is 9.40. The average Bonchev–Trinajstić information content (AvgIpc) is 2.58. The van der Waals surface area contributed by atoms with Crippen molar-refractivity contribution in [2.75, 3.05) is 18.1 Å². The number of hydrogen-bond acceptors (Lipinski definition) is 3. The molecule has 1 N–H and O–H groups in total. The highest BCUT2D eigenvalue weighted by molar-refractivity contribution is 7.99. The first-order valence-corrected chi connectivity index (χ1v) is 5.92. The molecule has 0 aliphatic carbocycles. The van der Waals surface area contributed by atoms with E-state index in [4.69, 9.17) is 4.42 Å². The summed E-state index contributed by atoms with van der Waals surface area (Å²) in [6, 6.07) is 1.99. The molecule has 14 heavy (non-hydrogen) atoms. The van der Waals surface area contributed by atoms with Gasteiger partial charge in [0.25, 0.3) is 0 Å². The van der Waals surface area contributed by atoms with Gasteiger partial charge in [-0.25, -0.2) is 0 Å². The molecule has 2 nitrogen and oxygen atoms in total. The quantitative estimate of drug-likeness (QED) is 0.554. The van der Waals surface area contributed by atoms with Gasteiger partial charge in [0.05, 0.1) is 12.8 Å². The Morgan fingerprint density at radius 1 is 1.64 bits per heavy atom. The lowest BCUT2D eigenvalue weighted by molar-refractivity contribution is 0.485. The van der Waals surface area contributed by atoms with E-state index in [2.05, 4.69) is 18.8 Å². The standard InChI is InChI=1S/C11H17NOS/c1-3-7-14-8-5-12-9-11-10(2)4-6-13-11/h3-4,6,12H,1,5,7-9H2,2H3. The van der Waals surface area contributed by atoms with Gasteiger partial charge in [-0.3, -0.25) is 0 Å². The summed E-state index contributed by atoms with van der Waals surface area (Å²) in [6.07, 6.45) is 3.67. The molecular formula is C11H17NOS. The number of aryl methyl sites for hydroxylation is 1. The van der Waals surface area contributed by atoms with Gasteiger partial charge in [-0.2, -0.15) is 11.8 Å². The molecule has 1 rings (SSSR count). The van der Waals surface area contributed by atoms with Gasteiger partial charge in [0.1, 0.15) is 5.76 Å². The van der Waals surface area contributed by atoms with E-state index in [1.54, 1.807) is 6.26 Å². The average molecular weight is 211 g/mol. The fraction of sp³-hybridized carbons (Fsp3) is 0.455. The molecule has 0 bridgehead atoms. The second-order valence-electron chi connectivity index (χ2n) is 3.07. The number of furan rings is 1. The third-order valence-electron chi connectivity index (χ3n) is 1.91. The van der Waals surface area contributed by atoms with Crippen molar-refractivity contribution in [3.63, 3.8) is 0 Å². The molecule has 1 aromatic heterocycles. The van der Waals surface area contributed by atoms with E-state index in [0.29, 0.717) is 0 Å². The van der Waals surface area contributed by atoms with Gasteiger partial charge in [0.15, 0.2) is 0 Å². The molecule has 78 valence electrons. The smallest absolute Gasteiger partial charge is 0.120 e. The Bertz CT molecular complexity index is 270. The highest BCUT2D eigenvalue weighted by Gasteiger charge is 1.99. The summed E-state index contributed by atoms with van der Waals surface area (Å²) in [6.45, 7) is 7.58. The van der Waals surface area contributed by atoms with Gasteiger partial charge in [-0.15, -0.1) is 6.58 Å². The Labute approximate surface area is 89.8 Å². The number of nitrogens with one attached hydrogen (secondary N) is 1. The highest BCUT2D eigenvalue weighted by atomic mass is 32.2. The zero-order chi connectivity index (χ0) is 10.2. The van der Waals surface area contributed by atoms with Crippen molar-refractivity contribution < 1.29 is 4.42 Å². The minimum atomic E-state index is 0.827. The first-order valence-electron chi connectivity index (χ1n) is 4.77. The van der Waals surface area contributed by atoms with E-state index in [1.165, 1.54) is 5.56 Å². The second kappa shape index (κ2) is 6.74. The molecule has 1 aromatic rings. The van der Waals surface area contributed by atoms with Crippen molar-refractivity contribution in [1.82, 2.24) is 5.32 Å². The van der Waals surface area contributed by atoms with Gasteiger partial charge in [-0.1, -0.05) is 6.08 Å². The summed E-state index contributed by atoms with van der Waals surface area (Å²) in [5, 5.41) is 3.34. The number of thioether (sulfide) groups is 1. The minimum absolute atomic E-state index is 0.827. The molecule has 0 radical (unpaired) electrons. The Morgan fingerprint density at radius 2 is 2.50 bits per heavy atom. The maximum absolute atomic E-state index is 5.31. The van der Waals surface area contributed by atoms with Crippen molar-refractivity contribution >= 4 is 11.8 Å². The Morgan fingerprint density at radius 3 is 3.14 bits per heavy atom. The molecule has 0 atom stereocenters. The highest BCUT2D eigenvalue weighted by Crippen LogP contribution is 2.07. The van der Waals surface area contributed by atoms with Crippen LogP contribution in [-0.4, -0.2) is 18.1 Å². The second-order valence-corrected chi connectivity index (χ2v) is 4.22. The minimum Gasteiger partial charge on any atom is -0.468 e. The molecule has 0 spiro atoms. The van der Waals surface area contributed by atoms with Gasteiger partial charge in [0, 0.05) is 18.1 Å². The largest absolute Gasteiger partial charge is 0.468 e. The predicted molar refractivity (Wildman–Crippen MR) is 62.7 cm³/mol. The first kappa shape index (κ1) is 11.4. The van der Waals surface area contributed by atoms with Crippen LogP contribution in [0.25, 0.3) is 0 Å². The lowest BCUT2D eigenvalue weighted by atomic mass is 10.3. The lowest BCUT2D eigenvalue weighted by Crippen LogP contribution is -2.16. The lowest BCUT2D eigenvalue weighted by Gasteiger charge is -2.02. The summed E-state index contributed by atoms with van der Waals surface area (Å²) < 4.78 is 5.31. The maximum Gasteiger partial charge on any atom is 0.120 e. The monoisotopic (exact) mass is 211 g/mol. The maximum atomic E-state index is 5.31. The van der Waals surface area contributed by atoms with Crippen molar-refractivity contribution in [3.8, 4) is 0 Å². The van der Waals surface area contributed by atoms with Crippen LogP contribution in [-0.2, 0) is 6.54 Å². The summed E-state index contributed by atoms with van der Waals surface area (Å²) in [4.78, 5) is 0. The van der Waals surface area contributed by atoms with Crippen molar-refractivity contribution in [1.29, 1.82) is 0 Å². The summed E-state index contributed by atoms with van der Waals surface area (Å²) in [7, 11) is 0. The van der Waals surface area contributed by atoms with E-state index in [1.807, 2.05) is 23.9 Å². The van der Waals surface area contributed by atoms with Gasteiger partial charge < -0.3 is 9.73 Å². The van der Waals surface area contributed by atoms with Crippen LogP contribution in [0, 0.1) is 6.92 Å². The first-order chi connectivity index (χ1) is 6.84. The molecule has 1 heterocycles. The number of rotatable bonds is 7. The van der Waals surface area contributed by atoms with Crippen LogP contribution in [0.5, 0.6) is 0 Å². The van der Waals surface area contributed by atoms with E-state index < -0.39 is 0 Å². The molecule has 3 heteroatoms. The fourth-order valence-electron chi connectivity index (χ4n) is 1.10. The van der Waals surface area contributed by atoms with Crippen LogP contribution >= 0.6 is 11.8 Å². The zero-order valence-electron chi connectivity index (χ0n) is 8.58. The molecule has 0 aliphatic rings. The van der Waals surface area contributed by atoms with Gasteiger partial charge in [-0.05, 0) is 18.6 Å². The Balaban J connectivity index is 2.04. The van der Waals surface area contributed by atoms with Crippen LogP contribution in [0.2, 0.25) is 0 Å². The SMILES string of the molecule is C=CCSCCNCc1occc1C. The Kier molecular flexibility index (Phi) is 5.49. The van der Waals surface area contributed by atoms with Crippen LogP contribution in [0.4, 0.5) is 0 Å². The topological polar surface area (TPSA) is 25.2 Å². The van der Waals surface area contributed by atoms with Crippen molar-refractivity contribution in [2.24, 2.45) is 0 Å². The third-order valence-corrected chi connectivity index (χ3v) is 2.88. The van der Waals surface area contributed by atoms with E-state index in [-0.39, 0.29) is 0 Å². The molecule has 0 aromatic carbocycles. The van der Waals surface area contributed by atoms with E-state index in [0.717, 1.165) is 30.4 Å². The normalized spacial score (nSPS) is 10.4. The van der Waals surface area contributed by atoms with E-state index in [9.17, 15) is 0 Å². The molecule has 0 unspecified atom stereocenters. The van der Waals surface area contributed by atoms with Crippen LogP contribution in [0.3, 0.4) is 0 Å². The van der Waals surface area contributed by atoms with Crippen LogP contribution in [0.15, 0.2) is 29.4 Å². The van der Waals surface area contributed by atoms with Gasteiger partial charge in [0.2, 0.25) is 0 Å². The summed E-state index contributed by atoms with van der Waals surface area (Å²) in [5.74, 6) is 3.19. The third kappa shape index (κ3) is 4.03.